The number of phenols is 1. The Bertz CT molecular complexity index is 487. The van der Waals surface area contributed by atoms with Crippen molar-refractivity contribution in [3.05, 3.63) is 23.8 Å². The number of carbonyl (C=O) groups is 2. The van der Waals surface area contributed by atoms with E-state index in [4.69, 9.17) is 4.74 Å². The molecule has 1 aliphatic rings. The predicted octanol–water partition coefficient (Wildman–Crippen LogP) is 0.399. The first-order valence-corrected chi connectivity index (χ1v) is 5.54. The van der Waals surface area contributed by atoms with Crippen LogP contribution in [-0.2, 0) is 11.2 Å². The highest BCUT2D eigenvalue weighted by atomic mass is 16.5. The van der Waals surface area contributed by atoms with Gasteiger partial charge in [-0.15, -0.1) is 0 Å². The zero-order valence-electron chi connectivity index (χ0n) is 9.90. The molecule has 1 heterocycles. The number of amides is 3. The van der Waals surface area contributed by atoms with Gasteiger partial charge in [-0.05, 0) is 18.1 Å². The summed E-state index contributed by atoms with van der Waals surface area (Å²) in [4.78, 5) is 22.5. The van der Waals surface area contributed by atoms with Crippen molar-refractivity contribution in [3.63, 3.8) is 0 Å². The van der Waals surface area contributed by atoms with Crippen molar-refractivity contribution in [1.29, 1.82) is 0 Å². The van der Waals surface area contributed by atoms with E-state index in [0.29, 0.717) is 17.7 Å². The van der Waals surface area contributed by atoms with Crippen LogP contribution in [0.1, 0.15) is 5.56 Å². The minimum atomic E-state index is -0.477. The van der Waals surface area contributed by atoms with E-state index in [-0.39, 0.29) is 24.1 Å². The fourth-order valence-corrected chi connectivity index (χ4v) is 1.84. The summed E-state index contributed by atoms with van der Waals surface area (Å²) in [7, 11) is 1.51. The topological polar surface area (TPSA) is 87.7 Å². The summed E-state index contributed by atoms with van der Waals surface area (Å²) in [6, 6.07) is 4.44. The largest absolute Gasteiger partial charge is 0.508 e. The van der Waals surface area contributed by atoms with Crippen molar-refractivity contribution in [3.8, 4) is 11.5 Å². The summed E-state index contributed by atoms with van der Waals surface area (Å²) in [5.41, 5.74) is 0.645. The molecule has 18 heavy (non-hydrogen) atoms. The van der Waals surface area contributed by atoms with Crippen molar-refractivity contribution in [1.82, 2.24) is 10.6 Å². The lowest BCUT2D eigenvalue weighted by molar-refractivity contribution is -0.124. The Balaban J connectivity index is 2.09. The number of methoxy groups -OCH3 is 1. The summed E-state index contributed by atoms with van der Waals surface area (Å²) < 4.78 is 4.98. The fourth-order valence-electron chi connectivity index (χ4n) is 1.84. The van der Waals surface area contributed by atoms with Crippen molar-refractivity contribution in [2.75, 3.05) is 13.7 Å². The highest BCUT2D eigenvalue weighted by Crippen LogP contribution is 2.25. The van der Waals surface area contributed by atoms with Crippen LogP contribution in [0.4, 0.5) is 4.79 Å². The quantitative estimate of drug-likeness (QED) is 0.724. The molecule has 1 aliphatic heterocycles. The van der Waals surface area contributed by atoms with E-state index in [9.17, 15) is 14.7 Å². The Kier molecular flexibility index (Phi) is 3.36. The maximum atomic E-state index is 11.6. The van der Waals surface area contributed by atoms with Crippen LogP contribution in [0.25, 0.3) is 0 Å². The smallest absolute Gasteiger partial charge is 0.321 e. The first-order chi connectivity index (χ1) is 8.60. The Labute approximate surface area is 104 Å². The van der Waals surface area contributed by atoms with Gasteiger partial charge in [0.25, 0.3) is 0 Å². The molecule has 2 rings (SSSR count). The minimum absolute atomic E-state index is 0.0825. The van der Waals surface area contributed by atoms with Crippen molar-refractivity contribution >= 4 is 11.9 Å². The summed E-state index contributed by atoms with van der Waals surface area (Å²) in [5, 5.41) is 14.5. The molecule has 3 amide bonds. The van der Waals surface area contributed by atoms with Gasteiger partial charge < -0.3 is 15.2 Å². The van der Waals surface area contributed by atoms with E-state index in [1.165, 1.54) is 13.2 Å². The van der Waals surface area contributed by atoms with Gasteiger partial charge in [-0.3, -0.25) is 10.1 Å². The second kappa shape index (κ2) is 4.95. The van der Waals surface area contributed by atoms with Crippen LogP contribution < -0.4 is 15.4 Å². The fraction of sp³-hybridized carbons (Fsp3) is 0.333. The third kappa shape index (κ3) is 2.53. The highest BCUT2D eigenvalue weighted by molar-refractivity contribution is 5.98. The number of phenolic OH excluding ortho intramolecular Hbond substituents is 1. The number of hydrogen-bond donors (Lipinski definition) is 3. The van der Waals surface area contributed by atoms with Gasteiger partial charge in [0.2, 0.25) is 5.91 Å². The number of hydrogen-bond acceptors (Lipinski definition) is 4. The predicted molar refractivity (Wildman–Crippen MR) is 63.4 cm³/mol. The van der Waals surface area contributed by atoms with E-state index in [2.05, 4.69) is 10.6 Å². The monoisotopic (exact) mass is 250 g/mol. The van der Waals surface area contributed by atoms with Gasteiger partial charge >= 0.3 is 6.03 Å². The van der Waals surface area contributed by atoms with E-state index in [1.54, 1.807) is 12.1 Å². The number of aromatic hydroxyl groups is 1. The molecule has 1 saturated heterocycles. The van der Waals surface area contributed by atoms with E-state index in [1.807, 2.05) is 0 Å². The van der Waals surface area contributed by atoms with Gasteiger partial charge in [0, 0.05) is 12.6 Å². The molecule has 1 fully saturated rings. The van der Waals surface area contributed by atoms with Crippen LogP contribution in [0.5, 0.6) is 11.5 Å². The molecule has 1 unspecified atom stereocenters. The molecular weight excluding hydrogens is 236 g/mol. The van der Waals surface area contributed by atoms with Gasteiger partial charge in [-0.25, -0.2) is 4.79 Å². The molecule has 96 valence electrons. The summed E-state index contributed by atoms with van der Waals surface area (Å²) in [6.07, 6.45) is 0.363. The Morgan fingerprint density at radius 2 is 2.22 bits per heavy atom. The molecule has 1 aromatic carbocycles. The van der Waals surface area contributed by atoms with Crippen LogP contribution >= 0.6 is 0 Å². The SMILES string of the molecule is COc1ccc(CC2CNC(=O)NC2=O)c(O)c1. The van der Waals surface area contributed by atoms with Crippen LogP contribution in [0, 0.1) is 5.92 Å². The molecule has 0 aliphatic carbocycles. The Morgan fingerprint density at radius 3 is 2.83 bits per heavy atom. The van der Waals surface area contributed by atoms with Crippen LogP contribution in [0.2, 0.25) is 0 Å². The zero-order chi connectivity index (χ0) is 13.1. The lowest BCUT2D eigenvalue weighted by Gasteiger charge is -2.22. The Hall–Kier alpha value is -2.24. The molecule has 0 aromatic heterocycles. The molecular formula is C12H14N2O4. The second-order valence-electron chi connectivity index (χ2n) is 4.09. The minimum Gasteiger partial charge on any atom is -0.508 e. The second-order valence-corrected chi connectivity index (χ2v) is 4.09. The van der Waals surface area contributed by atoms with E-state index < -0.39 is 6.03 Å². The molecule has 3 N–H and O–H groups in total. The number of carbonyl (C=O) groups excluding carboxylic acids is 2. The molecule has 0 spiro atoms. The van der Waals surface area contributed by atoms with Crippen molar-refractivity contribution in [2.24, 2.45) is 5.92 Å². The highest BCUT2D eigenvalue weighted by Gasteiger charge is 2.26. The number of rotatable bonds is 3. The number of ether oxygens (including phenoxy) is 1. The average molecular weight is 250 g/mol. The first-order valence-electron chi connectivity index (χ1n) is 5.54. The first kappa shape index (κ1) is 12.2. The molecule has 1 atom stereocenters. The number of urea groups is 1. The lowest BCUT2D eigenvalue weighted by atomic mass is 9.96. The average Bonchev–Trinajstić information content (AvgIpc) is 2.34. The molecule has 0 radical (unpaired) electrons. The summed E-state index contributed by atoms with van der Waals surface area (Å²) >= 11 is 0. The standard InChI is InChI=1S/C12H14N2O4/c1-18-9-3-2-7(10(15)5-9)4-8-6-13-12(17)14-11(8)16/h2-3,5,8,15H,4,6H2,1H3,(H2,13,14,16,17). The summed E-state index contributed by atoms with van der Waals surface area (Å²) in [6.45, 7) is 0.274. The van der Waals surface area contributed by atoms with Crippen LogP contribution in [-0.4, -0.2) is 30.7 Å². The number of benzene rings is 1. The molecule has 0 bridgehead atoms. The number of imide groups is 1. The Morgan fingerprint density at radius 1 is 1.44 bits per heavy atom. The van der Waals surface area contributed by atoms with E-state index in [0.717, 1.165) is 0 Å². The molecule has 1 aromatic rings. The molecule has 0 saturated carbocycles. The third-order valence-corrected chi connectivity index (χ3v) is 2.88. The van der Waals surface area contributed by atoms with Gasteiger partial charge in [-0.2, -0.15) is 0 Å². The van der Waals surface area contributed by atoms with Crippen LogP contribution in [0.15, 0.2) is 18.2 Å². The van der Waals surface area contributed by atoms with Gasteiger partial charge in [0.15, 0.2) is 0 Å². The normalized spacial score (nSPS) is 19.1. The van der Waals surface area contributed by atoms with Gasteiger partial charge in [0.1, 0.15) is 11.5 Å². The molecule has 6 heteroatoms. The van der Waals surface area contributed by atoms with Crippen molar-refractivity contribution < 1.29 is 19.4 Å². The van der Waals surface area contributed by atoms with Crippen LogP contribution in [0.3, 0.4) is 0 Å². The summed E-state index contributed by atoms with van der Waals surface area (Å²) in [5.74, 6) is -0.0624. The third-order valence-electron chi connectivity index (χ3n) is 2.88. The van der Waals surface area contributed by atoms with E-state index >= 15 is 0 Å². The molecule has 6 nitrogen and oxygen atoms in total. The van der Waals surface area contributed by atoms with Crippen molar-refractivity contribution in [2.45, 2.75) is 6.42 Å². The maximum absolute atomic E-state index is 11.6. The van der Waals surface area contributed by atoms with Gasteiger partial charge in [0.05, 0.1) is 13.0 Å². The van der Waals surface area contributed by atoms with Gasteiger partial charge in [-0.1, -0.05) is 6.07 Å². The lowest BCUT2D eigenvalue weighted by Crippen LogP contribution is -2.52. The maximum Gasteiger partial charge on any atom is 0.321 e. The number of nitrogens with one attached hydrogen (secondary N) is 2. The zero-order valence-corrected chi connectivity index (χ0v) is 9.90.